The second-order valence-corrected chi connectivity index (χ2v) is 5.22. The summed E-state index contributed by atoms with van der Waals surface area (Å²) in [5.74, 6) is 1.43. The monoisotopic (exact) mass is 268 g/mol. The van der Waals surface area contributed by atoms with E-state index >= 15 is 0 Å². The van der Waals surface area contributed by atoms with Gasteiger partial charge in [0, 0.05) is 5.92 Å². The molecule has 1 unspecified atom stereocenters. The lowest BCUT2D eigenvalue weighted by molar-refractivity contribution is 0.413. The molecule has 0 fully saturated rings. The molecule has 0 radical (unpaired) electrons. The Hall–Kier alpha value is -1.76. The maximum Gasteiger partial charge on any atom is 0.119 e. The van der Waals surface area contributed by atoms with E-state index in [1.54, 1.807) is 7.11 Å². The zero-order valence-corrected chi connectivity index (χ0v) is 12.7. The zero-order valence-electron chi connectivity index (χ0n) is 12.7. The third-order valence-electron chi connectivity index (χ3n) is 3.81. The first-order valence-corrected chi connectivity index (χ1v) is 7.51. The fourth-order valence-corrected chi connectivity index (χ4v) is 2.71. The average Bonchev–Trinajstić information content (AvgIpc) is 2.52. The van der Waals surface area contributed by atoms with Gasteiger partial charge in [-0.1, -0.05) is 56.7 Å². The lowest BCUT2D eigenvalue weighted by Gasteiger charge is -2.19. The van der Waals surface area contributed by atoms with Crippen molar-refractivity contribution in [3.63, 3.8) is 0 Å². The highest BCUT2D eigenvalue weighted by Gasteiger charge is 2.14. The molecule has 1 atom stereocenters. The van der Waals surface area contributed by atoms with Crippen LogP contribution in [-0.2, 0) is 6.42 Å². The molecule has 2 aromatic rings. The fraction of sp³-hybridized carbons (Fsp3) is 0.368. The van der Waals surface area contributed by atoms with E-state index in [2.05, 4.69) is 62.4 Å². The normalized spacial score (nSPS) is 12.2. The number of aryl methyl sites for hydroxylation is 1. The smallest absolute Gasteiger partial charge is 0.119 e. The molecule has 0 spiro atoms. The quantitative estimate of drug-likeness (QED) is 0.700. The van der Waals surface area contributed by atoms with E-state index in [0.29, 0.717) is 5.92 Å². The summed E-state index contributed by atoms with van der Waals surface area (Å²) in [5.41, 5.74) is 4.11. The molecule has 0 saturated heterocycles. The number of hydrogen-bond donors (Lipinski definition) is 0. The van der Waals surface area contributed by atoms with Gasteiger partial charge in [0.15, 0.2) is 0 Å². The van der Waals surface area contributed by atoms with Crippen LogP contribution in [-0.4, -0.2) is 7.11 Å². The molecular weight excluding hydrogens is 244 g/mol. The summed E-state index contributed by atoms with van der Waals surface area (Å²) in [6.45, 7) is 4.44. The van der Waals surface area contributed by atoms with Gasteiger partial charge in [-0.25, -0.2) is 0 Å². The first-order chi connectivity index (χ1) is 9.78. The van der Waals surface area contributed by atoms with E-state index in [1.165, 1.54) is 29.5 Å². The molecule has 0 heterocycles. The predicted octanol–water partition coefficient (Wildman–Crippen LogP) is 5.19. The van der Waals surface area contributed by atoms with Gasteiger partial charge in [0.05, 0.1) is 7.11 Å². The second kappa shape index (κ2) is 7.14. The van der Waals surface area contributed by atoms with Crippen LogP contribution in [0.3, 0.4) is 0 Å². The number of rotatable bonds is 6. The standard InChI is InChI=1S/C19H24O/c1-4-9-19(16-10-7-6-8-11-16)17-12-15(5-2)13-18(14-17)20-3/h6-8,10-14,19H,4-5,9H2,1-3H3. The molecule has 106 valence electrons. The van der Waals surface area contributed by atoms with Crippen molar-refractivity contribution in [2.24, 2.45) is 0 Å². The molecule has 0 bridgehead atoms. The fourth-order valence-electron chi connectivity index (χ4n) is 2.71. The molecule has 0 aliphatic carbocycles. The van der Waals surface area contributed by atoms with Gasteiger partial charge in [0.2, 0.25) is 0 Å². The zero-order chi connectivity index (χ0) is 14.4. The largest absolute Gasteiger partial charge is 0.497 e. The van der Waals surface area contributed by atoms with Crippen molar-refractivity contribution >= 4 is 0 Å². The molecule has 0 N–H and O–H groups in total. The van der Waals surface area contributed by atoms with Crippen molar-refractivity contribution < 1.29 is 4.74 Å². The van der Waals surface area contributed by atoms with Gasteiger partial charge in [-0.05, 0) is 41.7 Å². The van der Waals surface area contributed by atoms with Crippen LogP contribution in [0.2, 0.25) is 0 Å². The van der Waals surface area contributed by atoms with Crippen LogP contribution in [0.1, 0.15) is 49.3 Å². The van der Waals surface area contributed by atoms with Crippen LogP contribution in [0.4, 0.5) is 0 Å². The molecule has 2 aromatic carbocycles. The second-order valence-electron chi connectivity index (χ2n) is 5.22. The first kappa shape index (κ1) is 14.6. The highest BCUT2D eigenvalue weighted by Crippen LogP contribution is 2.32. The first-order valence-electron chi connectivity index (χ1n) is 7.51. The highest BCUT2D eigenvalue weighted by atomic mass is 16.5. The highest BCUT2D eigenvalue weighted by molar-refractivity contribution is 5.40. The molecule has 0 aliphatic rings. The van der Waals surface area contributed by atoms with E-state index in [4.69, 9.17) is 4.74 Å². The van der Waals surface area contributed by atoms with Crippen molar-refractivity contribution in [2.75, 3.05) is 7.11 Å². The summed E-state index contributed by atoms with van der Waals surface area (Å²) in [7, 11) is 1.75. The van der Waals surface area contributed by atoms with Crippen molar-refractivity contribution in [3.05, 3.63) is 65.2 Å². The number of benzene rings is 2. The summed E-state index contributed by atoms with van der Waals surface area (Å²) in [5, 5.41) is 0. The van der Waals surface area contributed by atoms with Gasteiger partial charge < -0.3 is 4.74 Å². The SMILES string of the molecule is CCCC(c1ccccc1)c1cc(CC)cc(OC)c1. The Morgan fingerprint density at radius 2 is 1.70 bits per heavy atom. The van der Waals surface area contributed by atoms with Gasteiger partial charge in [-0.3, -0.25) is 0 Å². The number of methoxy groups -OCH3 is 1. The maximum atomic E-state index is 5.46. The third kappa shape index (κ3) is 3.41. The molecule has 0 aliphatic heterocycles. The summed E-state index contributed by atoms with van der Waals surface area (Å²) in [4.78, 5) is 0. The van der Waals surface area contributed by atoms with Crippen molar-refractivity contribution in [2.45, 2.75) is 39.0 Å². The molecule has 20 heavy (non-hydrogen) atoms. The van der Waals surface area contributed by atoms with E-state index in [1.807, 2.05) is 0 Å². The van der Waals surface area contributed by atoms with Gasteiger partial charge in [0.1, 0.15) is 5.75 Å². The molecule has 1 heteroatoms. The van der Waals surface area contributed by atoms with Gasteiger partial charge in [0.25, 0.3) is 0 Å². The molecule has 0 aromatic heterocycles. The Morgan fingerprint density at radius 1 is 0.950 bits per heavy atom. The Morgan fingerprint density at radius 3 is 2.30 bits per heavy atom. The Balaban J connectivity index is 2.43. The van der Waals surface area contributed by atoms with Crippen LogP contribution >= 0.6 is 0 Å². The van der Waals surface area contributed by atoms with Crippen molar-refractivity contribution in [1.82, 2.24) is 0 Å². The van der Waals surface area contributed by atoms with Crippen LogP contribution in [0, 0.1) is 0 Å². The summed E-state index contributed by atoms with van der Waals surface area (Å²) < 4.78 is 5.46. The van der Waals surface area contributed by atoms with E-state index in [0.717, 1.165) is 12.2 Å². The Labute approximate surface area is 122 Å². The molecule has 0 saturated carbocycles. The van der Waals surface area contributed by atoms with Crippen molar-refractivity contribution in [1.29, 1.82) is 0 Å². The minimum Gasteiger partial charge on any atom is -0.497 e. The van der Waals surface area contributed by atoms with Crippen LogP contribution in [0.5, 0.6) is 5.75 Å². The van der Waals surface area contributed by atoms with E-state index < -0.39 is 0 Å². The Bertz CT molecular complexity index is 508. The van der Waals surface area contributed by atoms with Crippen LogP contribution < -0.4 is 4.74 Å². The Kier molecular flexibility index (Phi) is 5.23. The van der Waals surface area contributed by atoms with Gasteiger partial charge in [-0.15, -0.1) is 0 Å². The molecule has 0 amide bonds. The summed E-state index contributed by atoms with van der Waals surface area (Å²) in [6, 6.07) is 17.4. The minimum absolute atomic E-state index is 0.460. The third-order valence-corrected chi connectivity index (χ3v) is 3.81. The van der Waals surface area contributed by atoms with Gasteiger partial charge >= 0.3 is 0 Å². The number of ether oxygens (including phenoxy) is 1. The summed E-state index contributed by atoms with van der Waals surface area (Å²) in [6.07, 6.45) is 3.39. The van der Waals surface area contributed by atoms with E-state index in [9.17, 15) is 0 Å². The maximum absolute atomic E-state index is 5.46. The lowest BCUT2D eigenvalue weighted by Crippen LogP contribution is -2.02. The van der Waals surface area contributed by atoms with Crippen LogP contribution in [0.25, 0.3) is 0 Å². The van der Waals surface area contributed by atoms with E-state index in [-0.39, 0.29) is 0 Å². The molecule has 1 nitrogen and oxygen atoms in total. The predicted molar refractivity (Wildman–Crippen MR) is 85.6 cm³/mol. The summed E-state index contributed by atoms with van der Waals surface area (Å²) >= 11 is 0. The van der Waals surface area contributed by atoms with Gasteiger partial charge in [-0.2, -0.15) is 0 Å². The lowest BCUT2D eigenvalue weighted by atomic mass is 9.86. The average molecular weight is 268 g/mol. The van der Waals surface area contributed by atoms with Crippen LogP contribution in [0.15, 0.2) is 48.5 Å². The molecule has 2 rings (SSSR count). The molecular formula is C19H24O. The minimum atomic E-state index is 0.460. The van der Waals surface area contributed by atoms with Crippen molar-refractivity contribution in [3.8, 4) is 5.75 Å². The number of hydrogen-bond acceptors (Lipinski definition) is 1. The topological polar surface area (TPSA) is 9.23 Å².